The highest BCUT2D eigenvalue weighted by atomic mass is 79.9. The van der Waals surface area contributed by atoms with Crippen molar-refractivity contribution in [2.75, 3.05) is 19.8 Å². The lowest BCUT2D eigenvalue weighted by Crippen LogP contribution is -2.18. The molecule has 6 nitrogen and oxygen atoms in total. The molecule has 0 aliphatic heterocycles. The van der Waals surface area contributed by atoms with Crippen LogP contribution >= 0.6 is 15.9 Å². The molecule has 0 aromatic heterocycles. The van der Waals surface area contributed by atoms with Gasteiger partial charge in [0.1, 0.15) is 5.75 Å². The molecule has 0 aliphatic carbocycles. The Hall–Kier alpha value is -2.54. The third-order valence-corrected chi connectivity index (χ3v) is 4.10. The highest BCUT2D eigenvalue weighted by Crippen LogP contribution is 2.28. The van der Waals surface area contributed by atoms with Crippen molar-refractivity contribution in [3.05, 3.63) is 52.0 Å². The molecular weight excluding hydrogens is 424 g/mol. The molecule has 150 valence electrons. The van der Waals surface area contributed by atoms with E-state index >= 15 is 0 Å². The van der Waals surface area contributed by atoms with Crippen molar-refractivity contribution in [3.8, 4) is 17.2 Å². The van der Waals surface area contributed by atoms with Crippen LogP contribution in [0, 0.1) is 0 Å². The second-order valence-electron chi connectivity index (χ2n) is 5.76. The summed E-state index contributed by atoms with van der Waals surface area (Å²) in [7, 11) is 0. The van der Waals surface area contributed by atoms with Gasteiger partial charge in [-0.3, -0.25) is 4.79 Å². The van der Waals surface area contributed by atoms with E-state index in [1.165, 1.54) is 0 Å². The average molecular weight is 449 g/mol. The first-order chi connectivity index (χ1) is 13.6. The number of amides is 1. The van der Waals surface area contributed by atoms with E-state index in [9.17, 15) is 4.79 Å². The summed E-state index contributed by atoms with van der Waals surface area (Å²) in [4.78, 5) is 12.4. The molecule has 28 heavy (non-hydrogen) atoms. The molecular formula is C21H25BrN2O4. The Labute approximate surface area is 174 Å². The van der Waals surface area contributed by atoms with Gasteiger partial charge in [0.15, 0.2) is 11.5 Å². The topological polar surface area (TPSA) is 69.2 Å². The van der Waals surface area contributed by atoms with Crippen molar-refractivity contribution in [3.63, 3.8) is 0 Å². The van der Waals surface area contributed by atoms with Gasteiger partial charge in [0.25, 0.3) is 5.91 Å². The maximum atomic E-state index is 12.4. The normalized spacial score (nSPS) is 10.7. The Bertz CT molecular complexity index is 824. The Kier molecular flexibility index (Phi) is 8.81. The van der Waals surface area contributed by atoms with Gasteiger partial charge in [-0.1, -0.05) is 22.9 Å². The Morgan fingerprint density at radius 2 is 1.71 bits per heavy atom. The van der Waals surface area contributed by atoms with E-state index in [-0.39, 0.29) is 5.91 Å². The van der Waals surface area contributed by atoms with Crippen molar-refractivity contribution in [2.24, 2.45) is 5.10 Å². The van der Waals surface area contributed by atoms with Gasteiger partial charge in [-0.15, -0.1) is 0 Å². The molecule has 1 N–H and O–H groups in total. The predicted molar refractivity (Wildman–Crippen MR) is 114 cm³/mol. The highest BCUT2D eigenvalue weighted by Gasteiger charge is 2.11. The molecule has 2 rings (SSSR count). The van der Waals surface area contributed by atoms with Gasteiger partial charge in [0.2, 0.25) is 0 Å². The van der Waals surface area contributed by atoms with Crippen molar-refractivity contribution >= 4 is 28.1 Å². The number of rotatable bonds is 10. The number of ether oxygens (including phenoxy) is 3. The van der Waals surface area contributed by atoms with Crippen LogP contribution < -0.4 is 19.6 Å². The van der Waals surface area contributed by atoms with Gasteiger partial charge < -0.3 is 14.2 Å². The average Bonchev–Trinajstić information content (AvgIpc) is 2.69. The number of hydrogen-bond acceptors (Lipinski definition) is 5. The Morgan fingerprint density at radius 1 is 1.00 bits per heavy atom. The fourth-order valence-corrected chi connectivity index (χ4v) is 2.76. The second kappa shape index (κ2) is 11.3. The lowest BCUT2D eigenvalue weighted by Gasteiger charge is -2.12. The van der Waals surface area contributed by atoms with Gasteiger partial charge in [-0.05, 0) is 56.7 Å². The summed E-state index contributed by atoms with van der Waals surface area (Å²) in [5, 5.41) is 4.06. The minimum Gasteiger partial charge on any atom is -0.493 e. The van der Waals surface area contributed by atoms with Crippen LogP contribution in [0.25, 0.3) is 0 Å². The second-order valence-corrected chi connectivity index (χ2v) is 6.67. The first kappa shape index (κ1) is 21.8. The zero-order valence-electron chi connectivity index (χ0n) is 16.3. The van der Waals surface area contributed by atoms with E-state index < -0.39 is 0 Å². The van der Waals surface area contributed by atoms with E-state index in [1.807, 2.05) is 39.0 Å². The highest BCUT2D eigenvalue weighted by molar-refractivity contribution is 9.10. The molecule has 2 aromatic rings. The number of carbonyl (C=O) groups excluding carboxylic acids is 1. The van der Waals surface area contributed by atoms with Crippen LogP contribution in [-0.4, -0.2) is 31.9 Å². The summed E-state index contributed by atoms with van der Waals surface area (Å²) in [5.74, 6) is 1.51. The molecule has 0 radical (unpaired) electrons. The molecule has 0 spiro atoms. The molecule has 0 unspecified atom stereocenters. The van der Waals surface area contributed by atoms with Crippen molar-refractivity contribution < 1.29 is 19.0 Å². The summed E-state index contributed by atoms with van der Waals surface area (Å²) < 4.78 is 17.7. The molecule has 7 heteroatoms. The van der Waals surface area contributed by atoms with Crippen molar-refractivity contribution in [1.82, 2.24) is 5.43 Å². The van der Waals surface area contributed by atoms with E-state index in [4.69, 9.17) is 14.2 Å². The fourth-order valence-electron chi connectivity index (χ4n) is 2.38. The zero-order chi connectivity index (χ0) is 20.4. The molecule has 0 saturated carbocycles. The van der Waals surface area contributed by atoms with Gasteiger partial charge in [0, 0.05) is 15.6 Å². The summed E-state index contributed by atoms with van der Waals surface area (Å²) >= 11 is 3.43. The first-order valence-corrected chi connectivity index (χ1v) is 10.0. The van der Waals surface area contributed by atoms with Crippen molar-refractivity contribution in [1.29, 1.82) is 0 Å². The van der Waals surface area contributed by atoms with Crippen LogP contribution in [0.1, 0.15) is 43.1 Å². The predicted octanol–water partition coefficient (Wildman–Crippen LogP) is 4.80. The molecule has 0 atom stereocenters. The molecule has 1 amide bonds. The monoisotopic (exact) mass is 448 g/mol. The lowest BCUT2D eigenvalue weighted by atomic mass is 10.2. The maximum absolute atomic E-state index is 12.4. The van der Waals surface area contributed by atoms with E-state index in [1.54, 1.807) is 24.4 Å². The summed E-state index contributed by atoms with van der Waals surface area (Å²) in [6.45, 7) is 7.42. The van der Waals surface area contributed by atoms with Crippen LogP contribution in [0.5, 0.6) is 17.2 Å². The van der Waals surface area contributed by atoms with E-state index in [0.29, 0.717) is 42.6 Å². The number of nitrogens with zero attached hydrogens (tertiary/aromatic N) is 1. The molecule has 2 aromatic carbocycles. The lowest BCUT2D eigenvalue weighted by molar-refractivity contribution is 0.0954. The fraction of sp³-hybridized carbons (Fsp3) is 0.333. The maximum Gasteiger partial charge on any atom is 0.271 e. The number of benzene rings is 2. The van der Waals surface area contributed by atoms with Crippen LogP contribution in [0.4, 0.5) is 0 Å². The van der Waals surface area contributed by atoms with Gasteiger partial charge in [-0.2, -0.15) is 5.10 Å². The van der Waals surface area contributed by atoms with Crippen molar-refractivity contribution in [2.45, 2.75) is 27.2 Å². The zero-order valence-corrected chi connectivity index (χ0v) is 17.9. The Morgan fingerprint density at radius 3 is 2.43 bits per heavy atom. The minimum atomic E-state index is -0.341. The Balaban J connectivity index is 2.11. The molecule has 0 aliphatic rings. The van der Waals surface area contributed by atoms with Crippen LogP contribution in [-0.2, 0) is 0 Å². The number of nitrogens with one attached hydrogen (secondary N) is 1. The van der Waals surface area contributed by atoms with Gasteiger partial charge in [0.05, 0.1) is 26.0 Å². The van der Waals surface area contributed by atoms with E-state index in [2.05, 4.69) is 26.5 Å². The van der Waals surface area contributed by atoms with Gasteiger partial charge >= 0.3 is 0 Å². The molecule has 0 saturated heterocycles. The number of carbonyl (C=O) groups is 1. The SMILES string of the molecule is CCCOc1ccc(Br)cc1/C=N/NC(=O)c1ccc(OCC)c(OCC)c1. The largest absolute Gasteiger partial charge is 0.493 e. The number of hydrazone groups is 1. The van der Waals surface area contributed by atoms with Crippen LogP contribution in [0.2, 0.25) is 0 Å². The van der Waals surface area contributed by atoms with Crippen LogP contribution in [0.3, 0.4) is 0 Å². The van der Waals surface area contributed by atoms with E-state index in [0.717, 1.165) is 16.5 Å². The minimum absolute atomic E-state index is 0.341. The number of hydrogen-bond donors (Lipinski definition) is 1. The van der Waals surface area contributed by atoms with Crippen LogP contribution in [0.15, 0.2) is 46.0 Å². The first-order valence-electron chi connectivity index (χ1n) is 9.24. The number of halogens is 1. The standard InChI is InChI=1S/C21H25BrN2O4/c1-4-11-28-18-10-8-17(22)12-16(18)14-23-24-21(25)15-7-9-19(26-5-2)20(13-15)27-6-3/h7-10,12-14H,4-6,11H2,1-3H3,(H,24,25)/b23-14+. The quantitative estimate of drug-likeness (QED) is 0.418. The van der Waals surface area contributed by atoms with Gasteiger partial charge in [-0.25, -0.2) is 5.43 Å². The summed E-state index contributed by atoms with van der Waals surface area (Å²) in [6.07, 6.45) is 2.47. The summed E-state index contributed by atoms with van der Waals surface area (Å²) in [5.41, 5.74) is 3.73. The summed E-state index contributed by atoms with van der Waals surface area (Å²) in [6, 6.07) is 10.7. The molecule has 0 bridgehead atoms. The third kappa shape index (κ3) is 6.27. The smallest absolute Gasteiger partial charge is 0.271 e. The third-order valence-electron chi connectivity index (χ3n) is 3.61. The molecule has 0 fully saturated rings. The molecule has 0 heterocycles.